The third-order valence-electron chi connectivity index (χ3n) is 1.72. The average Bonchev–Trinajstić information content (AvgIpc) is 2.05. The van der Waals surface area contributed by atoms with Crippen molar-refractivity contribution in [2.45, 2.75) is 26.7 Å². The van der Waals surface area contributed by atoms with E-state index < -0.39 is 0 Å². The van der Waals surface area contributed by atoms with Crippen LogP contribution in [0.15, 0.2) is 0 Å². The van der Waals surface area contributed by atoms with Gasteiger partial charge in [0.25, 0.3) is 5.91 Å². The Hall–Kier alpha value is -0.570. The molecule has 65 valence electrons. The second-order valence-corrected chi connectivity index (χ2v) is 2.30. The minimum atomic E-state index is -0.0162. The van der Waals surface area contributed by atoms with E-state index in [1.807, 2.05) is 13.8 Å². The van der Waals surface area contributed by atoms with Crippen LogP contribution in [0.5, 0.6) is 0 Å². The van der Waals surface area contributed by atoms with E-state index in [4.69, 9.17) is 4.84 Å². The van der Waals surface area contributed by atoms with Gasteiger partial charge in [-0.15, -0.1) is 0 Å². The first kappa shape index (κ1) is 10.4. The van der Waals surface area contributed by atoms with Crippen LogP contribution in [0, 0.1) is 5.92 Å². The maximum atomic E-state index is 11.3. The minimum Gasteiger partial charge on any atom is -0.275 e. The van der Waals surface area contributed by atoms with Crippen molar-refractivity contribution >= 4 is 5.91 Å². The van der Waals surface area contributed by atoms with E-state index in [0.717, 1.165) is 18.8 Å². The highest BCUT2D eigenvalue weighted by Crippen LogP contribution is 2.12. The highest BCUT2D eigenvalue weighted by atomic mass is 16.7. The smallest absolute Gasteiger partial charge is 0.253 e. The molecule has 3 nitrogen and oxygen atoms in total. The fourth-order valence-corrected chi connectivity index (χ4v) is 0.858. The maximum Gasteiger partial charge on any atom is 0.253 e. The third-order valence-corrected chi connectivity index (χ3v) is 1.72. The van der Waals surface area contributed by atoms with Crippen LogP contribution in [0.3, 0.4) is 0 Å². The molecule has 0 bridgehead atoms. The van der Waals surface area contributed by atoms with E-state index in [0.29, 0.717) is 0 Å². The fraction of sp³-hybridized carbons (Fsp3) is 0.750. The van der Waals surface area contributed by atoms with Crippen LogP contribution in [-0.2, 0) is 9.63 Å². The van der Waals surface area contributed by atoms with Gasteiger partial charge in [0.15, 0.2) is 0 Å². The highest BCUT2D eigenvalue weighted by molar-refractivity contribution is 5.88. The predicted octanol–water partition coefficient (Wildman–Crippen LogP) is 1.40. The van der Waals surface area contributed by atoms with Gasteiger partial charge in [-0.1, -0.05) is 13.8 Å². The lowest BCUT2D eigenvalue weighted by Gasteiger charge is -2.18. The summed E-state index contributed by atoms with van der Waals surface area (Å²) < 4.78 is 0. The molecule has 0 saturated carbocycles. The molecule has 0 aromatic carbocycles. The molecular weight excluding hydrogens is 142 g/mol. The van der Waals surface area contributed by atoms with Gasteiger partial charge in [-0.2, -0.15) is 0 Å². The van der Waals surface area contributed by atoms with E-state index in [2.05, 4.69) is 0 Å². The molecule has 0 heterocycles. The van der Waals surface area contributed by atoms with Gasteiger partial charge >= 0.3 is 0 Å². The first-order chi connectivity index (χ1) is 5.17. The van der Waals surface area contributed by atoms with Gasteiger partial charge in [0.1, 0.15) is 0 Å². The quantitative estimate of drug-likeness (QED) is 0.579. The Morgan fingerprint density at radius 3 is 2.09 bits per heavy atom. The Balaban J connectivity index is 3.97. The van der Waals surface area contributed by atoms with E-state index in [9.17, 15) is 4.79 Å². The molecule has 1 radical (unpaired) electrons. The van der Waals surface area contributed by atoms with Crippen LogP contribution in [0.4, 0.5) is 0 Å². The van der Waals surface area contributed by atoms with Crippen molar-refractivity contribution in [3.63, 3.8) is 0 Å². The molecule has 0 spiro atoms. The summed E-state index contributed by atoms with van der Waals surface area (Å²) in [5.41, 5.74) is 0. The zero-order chi connectivity index (χ0) is 8.85. The van der Waals surface area contributed by atoms with Gasteiger partial charge in [0.2, 0.25) is 0 Å². The molecule has 0 aliphatic rings. The second-order valence-electron chi connectivity index (χ2n) is 2.30. The van der Waals surface area contributed by atoms with Crippen LogP contribution in [0.1, 0.15) is 26.7 Å². The van der Waals surface area contributed by atoms with Crippen molar-refractivity contribution < 1.29 is 9.63 Å². The topological polar surface area (TPSA) is 29.5 Å². The van der Waals surface area contributed by atoms with E-state index in [1.54, 1.807) is 7.05 Å². The number of carbonyl (C=O) groups is 1. The Morgan fingerprint density at radius 2 is 1.82 bits per heavy atom. The first-order valence-corrected chi connectivity index (χ1v) is 3.84. The van der Waals surface area contributed by atoms with Gasteiger partial charge in [0, 0.05) is 7.05 Å². The Morgan fingerprint density at radius 1 is 1.36 bits per heavy atom. The third kappa shape index (κ3) is 2.89. The van der Waals surface area contributed by atoms with Gasteiger partial charge in [0.05, 0.1) is 13.0 Å². The van der Waals surface area contributed by atoms with Crippen molar-refractivity contribution in [1.82, 2.24) is 5.06 Å². The zero-order valence-corrected chi connectivity index (χ0v) is 7.68. The van der Waals surface area contributed by atoms with Gasteiger partial charge in [-0.25, -0.2) is 5.06 Å². The number of carbonyl (C=O) groups excluding carboxylic acids is 1. The number of amides is 1. The monoisotopic (exact) mass is 158 g/mol. The lowest BCUT2D eigenvalue weighted by Crippen LogP contribution is -2.30. The molecule has 0 aliphatic heterocycles. The van der Waals surface area contributed by atoms with E-state index in [-0.39, 0.29) is 5.91 Å². The van der Waals surface area contributed by atoms with Crippen LogP contribution < -0.4 is 0 Å². The average molecular weight is 158 g/mol. The zero-order valence-electron chi connectivity index (χ0n) is 7.68. The molecule has 3 heteroatoms. The number of hydrogen-bond acceptors (Lipinski definition) is 2. The number of rotatable bonds is 4. The summed E-state index contributed by atoms with van der Waals surface area (Å²) in [4.78, 5) is 16.1. The Labute approximate surface area is 68.3 Å². The van der Waals surface area contributed by atoms with Crippen molar-refractivity contribution in [1.29, 1.82) is 0 Å². The highest BCUT2D eigenvalue weighted by Gasteiger charge is 2.18. The van der Waals surface area contributed by atoms with Crippen LogP contribution >= 0.6 is 0 Å². The van der Waals surface area contributed by atoms with Crippen molar-refractivity contribution in [3.8, 4) is 0 Å². The Kier molecular flexibility index (Phi) is 4.86. The molecule has 0 fully saturated rings. The standard InChI is InChI=1S/C8H16NO2/c1-5-7(6-2)8(10)9(3)11-4/h5-6H2,1-4H3. The van der Waals surface area contributed by atoms with Crippen LogP contribution in [-0.4, -0.2) is 25.1 Å². The molecule has 11 heavy (non-hydrogen) atoms. The molecule has 1 amide bonds. The normalized spacial score (nSPS) is 10.3. The largest absolute Gasteiger partial charge is 0.275 e. The van der Waals surface area contributed by atoms with Gasteiger partial charge in [-0.05, 0) is 12.8 Å². The SMILES string of the molecule is CC[C](CC)C(=O)N(C)OC. The number of nitrogens with zero attached hydrogens (tertiary/aromatic N) is 1. The molecule has 0 atom stereocenters. The number of hydroxylamine groups is 2. The lowest BCUT2D eigenvalue weighted by molar-refractivity contribution is -0.166. The Bertz CT molecular complexity index is 121. The maximum absolute atomic E-state index is 11.3. The van der Waals surface area contributed by atoms with Crippen molar-refractivity contribution in [2.75, 3.05) is 14.2 Å². The van der Waals surface area contributed by atoms with Crippen LogP contribution in [0.2, 0.25) is 0 Å². The summed E-state index contributed by atoms with van der Waals surface area (Å²) in [6.07, 6.45) is 1.59. The van der Waals surface area contributed by atoms with Crippen molar-refractivity contribution in [3.05, 3.63) is 5.92 Å². The fourth-order valence-electron chi connectivity index (χ4n) is 0.858. The van der Waals surface area contributed by atoms with Crippen molar-refractivity contribution in [2.24, 2.45) is 0 Å². The van der Waals surface area contributed by atoms with E-state index in [1.165, 1.54) is 12.2 Å². The number of hydrogen-bond donors (Lipinski definition) is 0. The summed E-state index contributed by atoms with van der Waals surface area (Å²) in [6.45, 7) is 3.94. The molecule has 0 aromatic rings. The first-order valence-electron chi connectivity index (χ1n) is 3.84. The van der Waals surface area contributed by atoms with Crippen LogP contribution in [0.25, 0.3) is 0 Å². The summed E-state index contributed by atoms with van der Waals surface area (Å²) >= 11 is 0. The summed E-state index contributed by atoms with van der Waals surface area (Å²) in [6, 6.07) is 0. The molecule has 0 N–H and O–H groups in total. The van der Waals surface area contributed by atoms with Gasteiger partial charge < -0.3 is 0 Å². The molecule has 0 aliphatic carbocycles. The molecule has 0 aromatic heterocycles. The second kappa shape index (κ2) is 5.13. The van der Waals surface area contributed by atoms with Gasteiger partial charge in [-0.3, -0.25) is 9.63 Å². The van der Waals surface area contributed by atoms with E-state index >= 15 is 0 Å². The molecular formula is C8H16NO2. The molecule has 0 saturated heterocycles. The minimum absolute atomic E-state index is 0.0162. The predicted molar refractivity (Wildman–Crippen MR) is 43.6 cm³/mol. The summed E-state index contributed by atoms with van der Waals surface area (Å²) in [5, 5.41) is 1.25. The molecule has 0 unspecified atom stereocenters. The molecule has 0 rings (SSSR count). The summed E-state index contributed by atoms with van der Waals surface area (Å²) in [7, 11) is 3.11. The summed E-state index contributed by atoms with van der Waals surface area (Å²) in [5.74, 6) is 0.881. The lowest BCUT2D eigenvalue weighted by atomic mass is 10.0.